The quantitative estimate of drug-likeness (QED) is 0.214. The molecule has 18 atom stereocenters. The van der Waals surface area contributed by atoms with Crippen LogP contribution in [-0.2, 0) is 38.0 Å². The van der Waals surface area contributed by atoms with Gasteiger partial charge in [-0.15, -0.1) is 0 Å². The molecule has 342 valence electrons. The highest BCUT2D eigenvalue weighted by Gasteiger charge is 2.63. The van der Waals surface area contributed by atoms with E-state index in [2.05, 4.69) is 17.1 Å². The van der Waals surface area contributed by atoms with E-state index in [1.165, 1.54) is 6.92 Å². The maximum atomic E-state index is 14.4. The van der Waals surface area contributed by atoms with Gasteiger partial charge in [0.05, 0.1) is 35.9 Å². The van der Waals surface area contributed by atoms with Crippen LogP contribution in [0, 0.1) is 17.8 Å². The van der Waals surface area contributed by atoms with Crippen molar-refractivity contribution in [3.63, 3.8) is 0 Å². The van der Waals surface area contributed by atoms with Crippen molar-refractivity contribution in [1.82, 2.24) is 15.1 Å². The molecule has 4 saturated heterocycles. The maximum absolute atomic E-state index is 14.4. The molecule has 1 spiro atoms. The van der Waals surface area contributed by atoms with Gasteiger partial charge in [0, 0.05) is 44.6 Å². The Hall–Kier alpha value is -1.05. The molecular formula is C43H83N3O12. The van der Waals surface area contributed by atoms with Crippen molar-refractivity contribution < 1.29 is 58.4 Å². The SMILES string of the molecule is C.CCCN1CO[C@@]2(C1)[C@H](C)O[C@@H](O[C@H]1[C@H](C)[C@@H](O[C@@H]3O[C@H](C)C[C@H](N(C)C)[C@H]3O)[C@](C)(O)C[C@@H](C)CN[C@H](C)[C@@H](O)[C@](C)(O)[C@@H](CC)OC(=O)[C@@H]1C)C[C@@]2(C)OC. The molecule has 0 aliphatic carbocycles. The molecular weight excluding hydrogens is 750 g/mol. The van der Waals surface area contributed by atoms with Crippen LogP contribution in [0.15, 0.2) is 0 Å². The Morgan fingerprint density at radius 2 is 1.64 bits per heavy atom. The summed E-state index contributed by atoms with van der Waals surface area (Å²) in [4.78, 5) is 18.6. The number of methoxy groups -OCH3 is 1. The van der Waals surface area contributed by atoms with Gasteiger partial charge in [0.2, 0.25) is 0 Å². The first-order valence-corrected chi connectivity index (χ1v) is 21.4. The van der Waals surface area contributed by atoms with E-state index in [4.69, 9.17) is 33.2 Å². The minimum absolute atomic E-state index is 0. The van der Waals surface area contributed by atoms with Crippen LogP contribution in [0.1, 0.15) is 116 Å². The topological polar surface area (TPSA) is 181 Å². The smallest absolute Gasteiger partial charge is 0.311 e. The second-order valence-corrected chi connectivity index (χ2v) is 18.8. The molecule has 0 bridgehead atoms. The lowest BCUT2D eigenvalue weighted by molar-refractivity contribution is -0.335. The number of hydrogen-bond acceptors (Lipinski definition) is 15. The van der Waals surface area contributed by atoms with Gasteiger partial charge in [-0.25, -0.2) is 0 Å². The highest BCUT2D eigenvalue weighted by Crippen LogP contribution is 2.47. The summed E-state index contributed by atoms with van der Waals surface area (Å²) < 4.78 is 45.6. The third kappa shape index (κ3) is 10.8. The lowest BCUT2D eigenvalue weighted by atomic mass is 9.75. The van der Waals surface area contributed by atoms with Crippen molar-refractivity contribution in [3.8, 4) is 0 Å². The Bertz CT molecular complexity index is 1290. The summed E-state index contributed by atoms with van der Waals surface area (Å²) in [6, 6.07) is -0.846. The van der Waals surface area contributed by atoms with Crippen LogP contribution in [0.3, 0.4) is 0 Å². The van der Waals surface area contributed by atoms with Crippen LogP contribution >= 0.6 is 0 Å². The van der Waals surface area contributed by atoms with Crippen LogP contribution in [-0.4, -0.2) is 174 Å². The zero-order valence-electron chi connectivity index (χ0n) is 37.4. The van der Waals surface area contributed by atoms with E-state index in [-0.39, 0.29) is 44.8 Å². The zero-order valence-corrected chi connectivity index (χ0v) is 37.4. The van der Waals surface area contributed by atoms with Gasteiger partial charge in [-0.2, -0.15) is 0 Å². The number of aliphatic hydroxyl groups is 4. The number of ether oxygens (including phenoxy) is 7. The summed E-state index contributed by atoms with van der Waals surface area (Å²) in [6.07, 6.45) is -5.77. The Kier molecular flexibility index (Phi) is 18.1. The fraction of sp³-hybridized carbons (Fsp3) is 0.977. The fourth-order valence-corrected chi connectivity index (χ4v) is 10.1. The first-order chi connectivity index (χ1) is 26.5. The first-order valence-electron chi connectivity index (χ1n) is 21.4. The molecule has 4 fully saturated rings. The van der Waals surface area contributed by atoms with Gasteiger partial charge in [0.15, 0.2) is 12.6 Å². The van der Waals surface area contributed by atoms with Gasteiger partial charge in [-0.3, -0.25) is 9.69 Å². The molecule has 0 amide bonds. The molecule has 0 aromatic carbocycles. The van der Waals surface area contributed by atoms with E-state index in [0.29, 0.717) is 26.2 Å². The third-order valence-electron chi connectivity index (χ3n) is 13.7. The van der Waals surface area contributed by atoms with Crippen molar-refractivity contribution >= 4 is 5.97 Å². The molecule has 4 rings (SSSR count). The fourth-order valence-electron chi connectivity index (χ4n) is 10.1. The number of nitrogens with zero attached hydrogens (tertiary/aromatic N) is 2. The van der Waals surface area contributed by atoms with Gasteiger partial charge < -0.3 is 63.8 Å². The van der Waals surface area contributed by atoms with Crippen molar-refractivity contribution in [2.45, 2.75) is 205 Å². The van der Waals surface area contributed by atoms with Gasteiger partial charge in [0.1, 0.15) is 41.8 Å². The molecule has 15 heteroatoms. The number of esters is 1. The van der Waals surface area contributed by atoms with Crippen LogP contribution in [0.25, 0.3) is 0 Å². The number of hydrogen-bond donors (Lipinski definition) is 5. The lowest BCUT2D eigenvalue weighted by Gasteiger charge is -2.54. The molecule has 0 radical (unpaired) electrons. The number of nitrogens with one attached hydrogen (secondary N) is 1. The third-order valence-corrected chi connectivity index (χ3v) is 13.7. The Balaban J connectivity index is 0.00000900. The number of carbonyl (C=O) groups is 1. The molecule has 0 aromatic heterocycles. The van der Waals surface area contributed by atoms with Gasteiger partial charge in [-0.05, 0) is 101 Å². The summed E-state index contributed by atoms with van der Waals surface area (Å²) >= 11 is 0. The Morgan fingerprint density at radius 3 is 2.22 bits per heavy atom. The largest absolute Gasteiger partial charge is 0.459 e. The summed E-state index contributed by atoms with van der Waals surface area (Å²) in [5, 5.41) is 50.7. The van der Waals surface area contributed by atoms with E-state index < -0.39 is 95.5 Å². The van der Waals surface area contributed by atoms with Crippen LogP contribution in [0.4, 0.5) is 0 Å². The molecule has 4 aliphatic rings. The number of likely N-dealkylation sites (N-methyl/N-ethyl adjacent to an activating group) is 1. The van der Waals surface area contributed by atoms with E-state index >= 15 is 0 Å². The summed E-state index contributed by atoms with van der Waals surface area (Å²) in [6.45, 7) is 22.6. The second kappa shape index (κ2) is 20.4. The van der Waals surface area contributed by atoms with Crippen molar-refractivity contribution in [3.05, 3.63) is 0 Å². The van der Waals surface area contributed by atoms with E-state index in [1.54, 1.807) is 34.8 Å². The lowest BCUT2D eigenvalue weighted by Crippen LogP contribution is -2.68. The molecule has 4 heterocycles. The summed E-state index contributed by atoms with van der Waals surface area (Å²) in [5.41, 5.74) is -4.96. The average molecular weight is 834 g/mol. The minimum atomic E-state index is -1.79. The predicted octanol–water partition coefficient (Wildman–Crippen LogP) is 3.27. The van der Waals surface area contributed by atoms with Gasteiger partial charge in [-0.1, -0.05) is 35.1 Å². The molecule has 58 heavy (non-hydrogen) atoms. The highest BCUT2D eigenvalue weighted by molar-refractivity contribution is 5.73. The number of carbonyl (C=O) groups excluding carboxylic acids is 1. The highest BCUT2D eigenvalue weighted by atomic mass is 16.7. The summed E-state index contributed by atoms with van der Waals surface area (Å²) in [5.74, 6) is -2.52. The van der Waals surface area contributed by atoms with E-state index in [9.17, 15) is 25.2 Å². The van der Waals surface area contributed by atoms with E-state index in [1.807, 2.05) is 53.6 Å². The normalized spacial score (nSPS) is 47.9. The van der Waals surface area contributed by atoms with Crippen molar-refractivity contribution in [2.24, 2.45) is 17.8 Å². The number of aliphatic hydroxyl groups excluding tert-OH is 2. The van der Waals surface area contributed by atoms with Crippen LogP contribution in [0.2, 0.25) is 0 Å². The minimum Gasteiger partial charge on any atom is -0.459 e. The van der Waals surface area contributed by atoms with Crippen LogP contribution in [0.5, 0.6) is 0 Å². The monoisotopic (exact) mass is 834 g/mol. The van der Waals surface area contributed by atoms with Gasteiger partial charge in [0.25, 0.3) is 0 Å². The Morgan fingerprint density at radius 1 is 0.983 bits per heavy atom. The molecule has 4 aliphatic heterocycles. The zero-order chi connectivity index (χ0) is 42.8. The maximum Gasteiger partial charge on any atom is 0.311 e. The van der Waals surface area contributed by atoms with Crippen LogP contribution < -0.4 is 5.32 Å². The molecule has 0 saturated carbocycles. The van der Waals surface area contributed by atoms with Gasteiger partial charge >= 0.3 is 5.97 Å². The average Bonchev–Trinajstić information content (AvgIpc) is 3.58. The standard InChI is InChI=1S/C42H79N3O12.CH4/c1-15-17-45-22-42(52-23-45)29(8)54-32(20-40(42,10)51-14)56-34-26(5)36(57-38-33(46)30(44(12)13)18-25(4)53-38)39(9,49)19-24(3)21-43-28(7)35(47)41(11,50)31(16-2)55-37(48)27(34)6;/h24-36,38,43,46-47,49-50H,15-23H2,1-14H3;1H4/t24-,25-,26+,27-,28-,29+,30+,31-,32+,33-,34+,35-,36-,38+,39-,40-,41-,42+;/m1./s1. The number of rotatable bonds is 9. The molecule has 15 nitrogen and oxygen atoms in total. The van der Waals surface area contributed by atoms with Crippen molar-refractivity contribution in [1.29, 1.82) is 0 Å². The molecule has 0 unspecified atom stereocenters. The predicted molar refractivity (Wildman–Crippen MR) is 221 cm³/mol. The van der Waals surface area contributed by atoms with E-state index in [0.717, 1.165) is 13.0 Å². The van der Waals surface area contributed by atoms with Crippen molar-refractivity contribution in [2.75, 3.05) is 47.6 Å². The first kappa shape index (κ1) is 51.3. The molecule has 0 aromatic rings. The number of cyclic esters (lactones) is 1. The summed E-state index contributed by atoms with van der Waals surface area (Å²) in [7, 11) is 5.46. The molecule has 5 N–H and O–H groups in total. The Labute approximate surface area is 349 Å². The second-order valence-electron chi connectivity index (χ2n) is 18.8.